The lowest BCUT2D eigenvalue weighted by Crippen LogP contribution is -2.32. The molecular weight excluding hydrogens is 422 g/mol. The van der Waals surface area contributed by atoms with Gasteiger partial charge in [-0.1, -0.05) is 17.7 Å². The molecule has 0 spiro atoms. The Morgan fingerprint density at radius 2 is 1.85 bits per heavy atom. The molecule has 174 valence electrons. The molecule has 1 aliphatic rings. The average Bonchev–Trinajstić information content (AvgIpc) is 3.34. The van der Waals surface area contributed by atoms with E-state index < -0.39 is 6.04 Å². The number of fused-ring (bicyclic) bond motifs is 1. The number of benzene rings is 2. The van der Waals surface area contributed by atoms with Crippen LogP contribution in [0.15, 0.2) is 36.4 Å². The molecule has 1 amide bonds. The zero-order chi connectivity index (χ0) is 23.5. The molecule has 33 heavy (non-hydrogen) atoms. The molecule has 0 fully saturated rings. The SMILES string of the molecule is CCOc1ccc(C2c3c(-c4cc(C)ccc4O)n[nH]c3C(=O)N2CCOC)cc1OCC. The highest BCUT2D eigenvalue weighted by molar-refractivity contribution is 6.00. The number of amides is 1. The lowest BCUT2D eigenvalue weighted by Gasteiger charge is -2.27. The monoisotopic (exact) mass is 451 g/mol. The fourth-order valence-electron chi connectivity index (χ4n) is 4.25. The molecule has 1 aliphatic heterocycles. The van der Waals surface area contributed by atoms with Crippen LogP contribution in [0.2, 0.25) is 0 Å². The maximum Gasteiger partial charge on any atom is 0.273 e. The minimum Gasteiger partial charge on any atom is -0.507 e. The first-order valence-electron chi connectivity index (χ1n) is 11.1. The Kier molecular flexibility index (Phi) is 6.55. The summed E-state index contributed by atoms with van der Waals surface area (Å²) in [5, 5.41) is 17.9. The Morgan fingerprint density at radius 3 is 2.58 bits per heavy atom. The highest BCUT2D eigenvalue weighted by Crippen LogP contribution is 2.46. The molecule has 8 heteroatoms. The molecule has 0 aliphatic carbocycles. The van der Waals surface area contributed by atoms with Gasteiger partial charge in [0.05, 0.1) is 25.9 Å². The molecule has 1 aromatic heterocycles. The topological polar surface area (TPSA) is 96.9 Å². The summed E-state index contributed by atoms with van der Waals surface area (Å²) in [6.07, 6.45) is 0. The lowest BCUT2D eigenvalue weighted by atomic mass is 9.95. The van der Waals surface area contributed by atoms with Crippen molar-refractivity contribution in [2.24, 2.45) is 0 Å². The number of methoxy groups -OCH3 is 1. The zero-order valence-corrected chi connectivity index (χ0v) is 19.3. The highest BCUT2D eigenvalue weighted by atomic mass is 16.5. The van der Waals surface area contributed by atoms with Crippen LogP contribution < -0.4 is 9.47 Å². The second-order valence-electron chi connectivity index (χ2n) is 7.85. The number of aromatic nitrogens is 2. The lowest BCUT2D eigenvalue weighted by molar-refractivity contribution is 0.0677. The van der Waals surface area contributed by atoms with E-state index in [1.54, 1.807) is 18.1 Å². The van der Waals surface area contributed by atoms with Crippen molar-refractivity contribution in [1.82, 2.24) is 15.1 Å². The van der Waals surface area contributed by atoms with Gasteiger partial charge in [0.15, 0.2) is 11.5 Å². The third-order valence-corrected chi connectivity index (χ3v) is 5.69. The number of aryl methyl sites for hydroxylation is 1. The molecule has 2 N–H and O–H groups in total. The maximum atomic E-state index is 13.3. The van der Waals surface area contributed by atoms with E-state index in [2.05, 4.69) is 10.2 Å². The van der Waals surface area contributed by atoms with Crippen LogP contribution >= 0.6 is 0 Å². The summed E-state index contributed by atoms with van der Waals surface area (Å²) in [5.74, 6) is 1.22. The number of phenols is 1. The summed E-state index contributed by atoms with van der Waals surface area (Å²) in [6, 6.07) is 10.6. The Morgan fingerprint density at radius 1 is 1.09 bits per heavy atom. The minimum absolute atomic E-state index is 0.109. The largest absolute Gasteiger partial charge is 0.507 e. The first-order valence-corrected chi connectivity index (χ1v) is 11.1. The van der Waals surface area contributed by atoms with Crippen LogP contribution in [0.1, 0.15) is 47.1 Å². The maximum absolute atomic E-state index is 13.3. The van der Waals surface area contributed by atoms with Gasteiger partial charge in [0.25, 0.3) is 5.91 Å². The van der Waals surface area contributed by atoms with Crippen molar-refractivity contribution >= 4 is 5.91 Å². The summed E-state index contributed by atoms with van der Waals surface area (Å²) in [7, 11) is 1.61. The van der Waals surface area contributed by atoms with Gasteiger partial charge < -0.3 is 24.2 Å². The number of carbonyl (C=O) groups excluding carboxylic acids is 1. The van der Waals surface area contributed by atoms with Crippen LogP contribution in [0.3, 0.4) is 0 Å². The molecule has 3 aromatic rings. The molecule has 8 nitrogen and oxygen atoms in total. The quantitative estimate of drug-likeness (QED) is 0.509. The Balaban J connectivity index is 1.88. The number of aromatic hydroxyl groups is 1. The van der Waals surface area contributed by atoms with Crippen LogP contribution in [0.25, 0.3) is 11.3 Å². The van der Waals surface area contributed by atoms with E-state index in [0.29, 0.717) is 54.8 Å². The summed E-state index contributed by atoms with van der Waals surface area (Å²) < 4.78 is 16.8. The molecule has 1 atom stereocenters. The molecule has 2 heterocycles. The fraction of sp³-hybridized carbons (Fsp3) is 0.360. The van der Waals surface area contributed by atoms with E-state index in [9.17, 15) is 9.90 Å². The van der Waals surface area contributed by atoms with Gasteiger partial charge in [0, 0.05) is 24.8 Å². The molecule has 0 saturated carbocycles. The predicted octanol–water partition coefficient (Wildman–Crippen LogP) is 4.08. The number of hydrogen-bond donors (Lipinski definition) is 2. The van der Waals surface area contributed by atoms with Gasteiger partial charge in [0.1, 0.15) is 17.1 Å². The van der Waals surface area contributed by atoms with Gasteiger partial charge in [-0.15, -0.1) is 0 Å². The number of ether oxygens (including phenoxy) is 3. The predicted molar refractivity (Wildman–Crippen MR) is 124 cm³/mol. The number of hydrogen-bond acceptors (Lipinski definition) is 6. The van der Waals surface area contributed by atoms with E-state index in [0.717, 1.165) is 16.7 Å². The van der Waals surface area contributed by atoms with E-state index in [-0.39, 0.29) is 11.7 Å². The number of carbonyl (C=O) groups is 1. The van der Waals surface area contributed by atoms with Crippen LogP contribution in [-0.2, 0) is 4.74 Å². The number of nitrogens with one attached hydrogen (secondary N) is 1. The third-order valence-electron chi connectivity index (χ3n) is 5.69. The standard InChI is InChI=1S/C25H29N3O5/c1-5-32-19-10-8-16(14-20(19)33-6-2)24-21-22(17-13-15(3)7-9-18(17)29)26-27-23(21)25(30)28(24)11-12-31-4/h7-10,13-14,24,29H,5-6,11-12H2,1-4H3,(H,26,27). The fourth-order valence-corrected chi connectivity index (χ4v) is 4.25. The Labute approximate surface area is 193 Å². The second-order valence-corrected chi connectivity index (χ2v) is 7.85. The molecule has 2 aromatic carbocycles. The molecule has 0 radical (unpaired) electrons. The number of nitrogens with zero attached hydrogens (tertiary/aromatic N) is 2. The normalized spacial score (nSPS) is 15.1. The zero-order valence-electron chi connectivity index (χ0n) is 19.3. The summed E-state index contributed by atoms with van der Waals surface area (Å²) in [4.78, 5) is 15.1. The van der Waals surface area contributed by atoms with Crippen molar-refractivity contribution in [2.75, 3.05) is 33.5 Å². The van der Waals surface area contributed by atoms with Crippen molar-refractivity contribution < 1.29 is 24.1 Å². The minimum atomic E-state index is -0.425. The second kappa shape index (κ2) is 9.54. The van der Waals surface area contributed by atoms with Crippen LogP contribution in [-0.4, -0.2) is 59.6 Å². The van der Waals surface area contributed by atoms with E-state index >= 15 is 0 Å². The van der Waals surface area contributed by atoms with Crippen molar-refractivity contribution in [3.8, 4) is 28.5 Å². The molecular formula is C25H29N3O5. The Hall–Kier alpha value is -3.52. The van der Waals surface area contributed by atoms with Gasteiger partial charge in [-0.25, -0.2) is 0 Å². The van der Waals surface area contributed by atoms with Gasteiger partial charge in [0.2, 0.25) is 0 Å². The molecule has 4 rings (SSSR count). The number of rotatable bonds is 9. The van der Waals surface area contributed by atoms with Crippen molar-refractivity contribution in [2.45, 2.75) is 26.8 Å². The van der Waals surface area contributed by atoms with E-state index in [4.69, 9.17) is 14.2 Å². The smallest absolute Gasteiger partial charge is 0.273 e. The van der Waals surface area contributed by atoms with Crippen molar-refractivity contribution in [1.29, 1.82) is 0 Å². The van der Waals surface area contributed by atoms with Crippen molar-refractivity contribution in [3.05, 3.63) is 58.8 Å². The number of aromatic amines is 1. The molecule has 1 unspecified atom stereocenters. The molecule has 0 bridgehead atoms. The van der Waals surface area contributed by atoms with Crippen LogP contribution in [0.5, 0.6) is 17.2 Å². The first kappa shape index (κ1) is 22.7. The third kappa shape index (κ3) is 4.14. The number of H-pyrrole nitrogens is 1. The van der Waals surface area contributed by atoms with Crippen LogP contribution in [0.4, 0.5) is 0 Å². The number of phenolic OH excluding ortho intramolecular Hbond substituents is 1. The van der Waals surface area contributed by atoms with E-state index in [1.807, 2.05) is 51.1 Å². The van der Waals surface area contributed by atoms with Gasteiger partial charge in [-0.3, -0.25) is 9.89 Å². The van der Waals surface area contributed by atoms with Gasteiger partial charge >= 0.3 is 0 Å². The summed E-state index contributed by atoms with van der Waals surface area (Å²) in [5.41, 5.74) is 4.12. The first-order chi connectivity index (χ1) is 16.0. The highest BCUT2D eigenvalue weighted by Gasteiger charge is 2.42. The van der Waals surface area contributed by atoms with E-state index in [1.165, 1.54) is 0 Å². The van der Waals surface area contributed by atoms with Crippen molar-refractivity contribution in [3.63, 3.8) is 0 Å². The molecule has 0 saturated heterocycles. The summed E-state index contributed by atoms with van der Waals surface area (Å²) in [6.45, 7) is 7.58. The van der Waals surface area contributed by atoms with Crippen LogP contribution in [0, 0.1) is 6.92 Å². The Bertz CT molecular complexity index is 1160. The van der Waals surface area contributed by atoms with Gasteiger partial charge in [-0.2, -0.15) is 5.10 Å². The summed E-state index contributed by atoms with van der Waals surface area (Å²) >= 11 is 0. The average molecular weight is 452 g/mol. The van der Waals surface area contributed by atoms with Gasteiger partial charge in [-0.05, 0) is 50.6 Å².